The second-order valence-electron chi connectivity index (χ2n) is 8.09. The zero-order valence-corrected chi connectivity index (χ0v) is 18.1. The maximum absolute atomic E-state index is 12.8. The van der Waals surface area contributed by atoms with E-state index in [1.165, 1.54) is 16.0 Å². The monoisotopic (exact) mass is 412 g/mol. The van der Waals surface area contributed by atoms with Crippen molar-refractivity contribution in [2.45, 2.75) is 40.0 Å². The van der Waals surface area contributed by atoms with E-state index in [-0.39, 0.29) is 17.7 Å². The van der Waals surface area contributed by atoms with E-state index in [1.54, 1.807) is 18.3 Å². The summed E-state index contributed by atoms with van der Waals surface area (Å²) in [5.41, 5.74) is 4.43. The van der Waals surface area contributed by atoms with Crippen LogP contribution >= 0.6 is 11.3 Å². The molecule has 1 aliphatic heterocycles. The fourth-order valence-corrected chi connectivity index (χ4v) is 5.23. The predicted molar refractivity (Wildman–Crippen MR) is 117 cm³/mol. The molecule has 2 heterocycles. The molecule has 2 aromatic rings. The summed E-state index contributed by atoms with van der Waals surface area (Å²) in [5.74, 6) is 0.233. The number of benzene rings is 1. The Bertz CT molecular complexity index is 931. The summed E-state index contributed by atoms with van der Waals surface area (Å²) in [6, 6.07) is 6.05. The Balaban J connectivity index is 1.39. The van der Waals surface area contributed by atoms with Crippen molar-refractivity contribution in [1.29, 1.82) is 0 Å². The Morgan fingerprint density at radius 1 is 1.14 bits per heavy atom. The summed E-state index contributed by atoms with van der Waals surface area (Å²) < 4.78 is 0. The lowest BCUT2D eigenvalue weighted by molar-refractivity contribution is -0.129. The second-order valence-corrected chi connectivity index (χ2v) is 9.15. The molecule has 1 fully saturated rings. The van der Waals surface area contributed by atoms with Crippen molar-refractivity contribution in [1.82, 2.24) is 9.88 Å². The van der Waals surface area contributed by atoms with E-state index in [1.807, 2.05) is 23.1 Å². The van der Waals surface area contributed by atoms with E-state index < -0.39 is 0 Å². The van der Waals surface area contributed by atoms with Gasteiger partial charge in [-0.05, 0) is 56.4 Å². The van der Waals surface area contributed by atoms with Crippen molar-refractivity contribution >= 4 is 34.0 Å². The van der Waals surface area contributed by atoms with Gasteiger partial charge in [-0.2, -0.15) is 0 Å². The van der Waals surface area contributed by atoms with Crippen LogP contribution in [0.1, 0.15) is 35.0 Å². The van der Waals surface area contributed by atoms with Gasteiger partial charge in [0.2, 0.25) is 11.8 Å². The highest BCUT2D eigenvalue weighted by Gasteiger charge is 2.29. The highest BCUT2D eigenvalue weighted by Crippen LogP contribution is 2.35. The van der Waals surface area contributed by atoms with Crippen molar-refractivity contribution in [2.75, 3.05) is 36.4 Å². The molecule has 0 spiro atoms. The van der Waals surface area contributed by atoms with Gasteiger partial charge in [0, 0.05) is 49.6 Å². The SMILES string of the molecule is CC(=O)N1CCN(c2nc3c(s2)CC(C(=O)Nc2ccc(C)c(C)c2)CC3)CC1. The van der Waals surface area contributed by atoms with E-state index in [4.69, 9.17) is 4.98 Å². The number of thiazole rings is 1. The molecule has 6 nitrogen and oxygen atoms in total. The molecule has 1 aromatic carbocycles. The minimum absolute atomic E-state index is 0.00744. The minimum atomic E-state index is -0.00744. The largest absolute Gasteiger partial charge is 0.345 e. The number of carbonyl (C=O) groups excluding carboxylic acids is 2. The highest BCUT2D eigenvalue weighted by molar-refractivity contribution is 7.15. The van der Waals surface area contributed by atoms with Gasteiger partial charge >= 0.3 is 0 Å². The van der Waals surface area contributed by atoms with Crippen molar-refractivity contribution in [2.24, 2.45) is 5.92 Å². The number of hydrogen-bond acceptors (Lipinski definition) is 5. The van der Waals surface area contributed by atoms with Crippen LogP contribution in [0, 0.1) is 19.8 Å². The van der Waals surface area contributed by atoms with E-state index in [0.29, 0.717) is 0 Å². The number of fused-ring (bicyclic) bond motifs is 1. The van der Waals surface area contributed by atoms with Crippen LogP contribution < -0.4 is 10.2 Å². The standard InChI is InChI=1S/C22H28N4O2S/c1-14-4-6-18(12-15(14)2)23-21(28)17-5-7-19-20(13-17)29-22(24-19)26-10-8-25(9-11-26)16(3)27/h4,6,12,17H,5,7-11,13H2,1-3H3,(H,23,28). The Morgan fingerprint density at radius 3 is 2.59 bits per heavy atom. The number of aromatic nitrogens is 1. The highest BCUT2D eigenvalue weighted by atomic mass is 32.1. The molecular weight excluding hydrogens is 384 g/mol. The third-order valence-electron chi connectivity index (χ3n) is 6.07. The van der Waals surface area contributed by atoms with Crippen LogP contribution in [0.5, 0.6) is 0 Å². The number of aryl methyl sites for hydroxylation is 3. The molecule has 29 heavy (non-hydrogen) atoms. The van der Waals surface area contributed by atoms with Crippen molar-refractivity contribution in [3.8, 4) is 0 Å². The van der Waals surface area contributed by atoms with Crippen LogP contribution in [0.2, 0.25) is 0 Å². The molecule has 0 bridgehead atoms. The molecule has 2 amide bonds. The number of amides is 2. The molecule has 0 saturated carbocycles. The number of nitrogens with one attached hydrogen (secondary N) is 1. The van der Waals surface area contributed by atoms with Gasteiger partial charge in [0.15, 0.2) is 5.13 Å². The van der Waals surface area contributed by atoms with Crippen LogP contribution in [0.25, 0.3) is 0 Å². The molecule has 2 aliphatic rings. The number of nitrogens with zero attached hydrogens (tertiary/aromatic N) is 3. The fourth-order valence-electron chi connectivity index (χ4n) is 4.00. The molecule has 1 aliphatic carbocycles. The number of hydrogen-bond donors (Lipinski definition) is 1. The van der Waals surface area contributed by atoms with Crippen molar-refractivity contribution < 1.29 is 9.59 Å². The molecule has 1 atom stereocenters. The van der Waals surface area contributed by atoms with Gasteiger partial charge in [-0.25, -0.2) is 4.98 Å². The Labute approximate surface area is 175 Å². The van der Waals surface area contributed by atoms with Gasteiger partial charge in [0.1, 0.15) is 0 Å². The minimum Gasteiger partial charge on any atom is -0.345 e. The van der Waals surface area contributed by atoms with Gasteiger partial charge in [-0.1, -0.05) is 6.07 Å². The Hall–Kier alpha value is -2.41. The maximum atomic E-state index is 12.8. The van der Waals surface area contributed by atoms with Gasteiger partial charge in [0.05, 0.1) is 5.69 Å². The Morgan fingerprint density at radius 2 is 1.90 bits per heavy atom. The molecule has 1 saturated heterocycles. The third kappa shape index (κ3) is 4.29. The summed E-state index contributed by atoms with van der Waals surface area (Å²) in [6.45, 7) is 8.91. The molecule has 4 rings (SSSR count). The number of anilines is 2. The first kappa shape index (κ1) is 19.9. The Kier molecular flexibility index (Phi) is 5.58. The van der Waals surface area contributed by atoms with Crippen LogP contribution in [0.15, 0.2) is 18.2 Å². The van der Waals surface area contributed by atoms with Gasteiger partial charge < -0.3 is 15.1 Å². The lowest BCUT2D eigenvalue weighted by Crippen LogP contribution is -2.48. The summed E-state index contributed by atoms with van der Waals surface area (Å²) in [4.78, 5) is 34.6. The van der Waals surface area contributed by atoms with Gasteiger partial charge in [0.25, 0.3) is 0 Å². The third-order valence-corrected chi connectivity index (χ3v) is 7.25. The summed E-state index contributed by atoms with van der Waals surface area (Å²) >= 11 is 1.71. The van der Waals surface area contributed by atoms with Crippen molar-refractivity contribution in [3.63, 3.8) is 0 Å². The van der Waals surface area contributed by atoms with E-state index in [9.17, 15) is 9.59 Å². The molecule has 7 heteroatoms. The molecule has 1 aromatic heterocycles. The zero-order valence-electron chi connectivity index (χ0n) is 17.3. The number of carbonyl (C=O) groups is 2. The second kappa shape index (κ2) is 8.14. The zero-order chi connectivity index (χ0) is 20.5. The average molecular weight is 413 g/mol. The summed E-state index contributed by atoms with van der Waals surface area (Å²) in [5, 5.41) is 4.13. The average Bonchev–Trinajstić information content (AvgIpc) is 3.14. The number of piperazine rings is 1. The fraction of sp³-hybridized carbons (Fsp3) is 0.500. The van der Waals surface area contributed by atoms with Gasteiger partial charge in [-0.3, -0.25) is 9.59 Å². The molecule has 1 unspecified atom stereocenters. The number of rotatable bonds is 3. The van der Waals surface area contributed by atoms with Crippen LogP contribution in [-0.4, -0.2) is 47.9 Å². The lowest BCUT2D eigenvalue weighted by Gasteiger charge is -2.33. The van der Waals surface area contributed by atoms with Crippen LogP contribution in [-0.2, 0) is 22.4 Å². The van der Waals surface area contributed by atoms with E-state index in [0.717, 1.165) is 62.0 Å². The molecule has 154 valence electrons. The van der Waals surface area contributed by atoms with Crippen LogP contribution in [0.3, 0.4) is 0 Å². The molecule has 0 radical (unpaired) electrons. The first-order valence-electron chi connectivity index (χ1n) is 10.3. The molecule has 1 N–H and O–H groups in total. The summed E-state index contributed by atoms with van der Waals surface area (Å²) in [6.07, 6.45) is 2.45. The topological polar surface area (TPSA) is 65.5 Å². The van der Waals surface area contributed by atoms with E-state index >= 15 is 0 Å². The van der Waals surface area contributed by atoms with Crippen molar-refractivity contribution in [3.05, 3.63) is 39.9 Å². The first-order chi connectivity index (χ1) is 13.9. The normalized spacial score (nSPS) is 19.1. The lowest BCUT2D eigenvalue weighted by atomic mass is 9.90. The molecular formula is C22H28N4O2S. The quantitative estimate of drug-likeness (QED) is 0.841. The maximum Gasteiger partial charge on any atom is 0.227 e. The predicted octanol–water partition coefficient (Wildman–Crippen LogP) is 3.17. The van der Waals surface area contributed by atoms with Gasteiger partial charge in [-0.15, -0.1) is 11.3 Å². The smallest absolute Gasteiger partial charge is 0.227 e. The summed E-state index contributed by atoms with van der Waals surface area (Å²) in [7, 11) is 0. The first-order valence-corrected chi connectivity index (χ1v) is 11.1. The van der Waals surface area contributed by atoms with E-state index in [2.05, 4.69) is 24.1 Å². The van der Waals surface area contributed by atoms with Crippen LogP contribution in [0.4, 0.5) is 10.8 Å².